The maximum atomic E-state index is 12.4. The summed E-state index contributed by atoms with van der Waals surface area (Å²) in [5.41, 5.74) is 0.631. The zero-order chi connectivity index (χ0) is 12.4. The van der Waals surface area contributed by atoms with Crippen LogP contribution in [0.5, 0.6) is 0 Å². The third-order valence-corrected chi connectivity index (χ3v) is 4.22. The lowest BCUT2D eigenvalue weighted by Crippen LogP contribution is -2.39. The molecular formula is C14H18N2O2. The first kappa shape index (κ1) is 11.8. The molecule has 1 spiro atoms. The van der Waals surface area contributed by atoms with Crippen molar-refractivity contribution in [1.82, 2.24) is 9.97 Å². The van der Waals surface area contributed by atoms with E-state index in [1.165, 1.54) is 19.2 Å². The van der Waals surface area contributed by atoms with Gasteiger partial charge < -0.3 is 4.74 Å². The number of hydrogen-bond donors (Lipinski definition) is 0. The van der Waals surface area contributed by atoms with Crippen molar-refractivity contribution in [1.29, 1.82) is 0 Å². The minimum Gasteiger partial charge on any atom is -0.375 e. The number of nitrogens with zero attached hydrogens (tertiary/aromatic N) is 2. The van der Waals surface area contributed by atoms with Crippen LogP contribution in [0.3, 0.4) is 0 Å². The highest BCUT2D eigenvalue weighted by atomic mass is 16.5. The van der Waals surface area contributed by atoms with Gasteiger partial charge in [-0.05, 0) is 25.7 Å². The first-order chi connectivity index (χ1) is 8.79. The number of hydrogen-bond acceptors (Lipinski definition) is 4. The summed E-state index contributed by atoms with van der Waals surface area (Å²) in [6, 6.07) is 0. The third-order valence-electron chi connectivity index (χ3n) is 4.22. The fourth-order valence-electron chi connectivity index (χ4n) is 3.28. The van der Waals surface area contributed by atoms with E-state index in [0.29, 0.717) is 12.2 Å². The predicted molar refractivity (Wildman–Crippen MR) is 66.2 cm³/mol. The van der Waals surface area contributed by atoms with Crippen LogP contribution in [0.25, 0.3) is 0 Å². The minimum atomic E-state index is -0.00574. The molecule has 0 aromatic carbocycles. The van der Waals surface area contributed by atoms with Gasteiger partial charge in [0.15, 0.2) is 5.78 Å². The Kier molecular flexibility index (Phi) is 3.12. The van der Waals surface area contributed by atoms with E-state index < -0.39 is 0 Å². The number of carbonyl (C=O) groups excluding carboxylic acids is 1. The molecule has 1 atom stereocenters. The Morgan fingerprint density at radius 1 is 1.28 bits per heavy atom. The van der Waals surface area contributed by atoms with Gasteiger partial charge in [-0.25, -0.2) is 9.97 Å². The van der Waals surface area contributed by atoms with Gasteiger partial charge in [0.1, 0.15) is 6.33 Å². The van der Waals surface area contributed by atoms with E-state index in [1.807, 2.05) is 0 Å². The second-order valence-electron chi connectivity index (χ2n) is 5.42. The van der Waals surface area contributed by atoms with Crippen LogP contribution < -0.4 is 0 Å². The maximum absolute atomic E-state index is 12.4. The molecule has 4 heteroatoms. The summed E-state index contributed by atoms with van der Waals surface area (Å²) in [7, 11) is 0. The number of carbonyl (C=O) groups is 1. The highest BCUT2D eigenvalue weighted by Crippen LogP contribution is 2.42. The molecule has 1 saturated carbocycles. The van der Waals surface area contributed by atoms with E-state index in [4.69, 9.17) is 4.74 Å². The number of aromatic nitrogens is 2. The molecule has 0 amide bonds. The Morgan fingerprint density at radius 3 is 2.72 bits per heavy atom. The first-order valence-electron chi connectivity index (χ1n) is 6.72. The van der Waals surface area contributed by atoms with Crippen molar-refractivity contribution >= 4 is 5.78 Å². The normalized spacial score (nSPS) is 26.3. The zero-order valence-electron chi connectivity index (χ0n) is 10.5. The quantitative estimate of drug-likeness (QED) is 0.752. The summed E-state index contributed by atoms with van der Waals surface area (Å²) in [5, 5.41) is 0. The molecule has 0 bridgehead atoms. The summed E-state index contributed by atoms with van der Waals surface area (Å²) in [6.07, 6.45) is 11.1. The van der Waals surface area contributed by atoms with Gasteiger partial charge in [0.2, 0.25) is 0 Å². The Hall–Kier alpha value is -1.29. The summed E-state index contributed by atoms with van der Waals surface area (Å²) in [5.74, 6) is 0.271. The van der Waals surface area contributed by atoms with Crippen LogP contribution in [0.1, 0.15) is 48.9 Å². The van der Waals surface area contributed by atoms with Gasteiger partial charge in [-0.1, -0.05) is 12.8 Å². The fraction of sp³-hybridized carbons (Fsp3) is 0.643. The fourth-order valence-corrected chi connectivity index (χ4v) is 3.28. The van der Waals surface area contributed by atoms with Gasteiger partial charge in [-0.3, -0.25) is 4.79 Å². The van der Waals surface area contributed by atoms with E-state index in [2.05, 4.69) is 9.97 Å². The van der Waals surface area contributed by atoms with Crippen LogP contribution in [0.2, 0.25) is 0 Å². The minimum absolute atomic E-state index is 0.00574. The van der Waals surface area contributed by atoms with Crippen LogP contribution in [0.4, 0.5) is 0 Å². The van der Waals surface area contributed by atoms with Crippen molar-refractivity contribution in [2.45, 2.75) is 44.1 Å². The van der Waals surface area contributed by atoms with Crippen molar-refractivity contribution < 1.29 is 9.53 Å². The molecule has 3 rings (SSSR count). The molecule has 4 nitrogen and oxygen atoms in total. The first-order valence-corrected chi connectivity index (χ1v) is 6.72. The summed E-state index contributed by atoms with van der Waals surface area (Å²) in [4.78, 5) is 20.3. The zero-order valence-corrected chi connectivity index (χ0v) is 10.5. The molecule has 1 unspecified atom stereocenters. The van der Waals surface area contributed by atoms with E-state index in [-0.39, 0.29) is 17.3 Å². The molecule has 1 aromatic heterocycles. The lowest BCUT2D eigenvalue weighted by atomic mass is 9.81. The standard InChI is InChI=1S/C14H18N2O2/c17-13(12-8-15-10-16-9-12)11-3-6-18-14(7-11)4-1-2-5-14/h8-11H,1-7H2. The van der Waals surface area contributed by atoms with Crippen LogP contribution >= 0.6 is 0 Å². The van der Waals surface area contributed by atoms with Gasteiger partial charge >= 0.3 is 0 Å². The van der Waals surface area contributed by atoms with Gasteiger partial charge in [-0.2, -0.15) is 0 Å². The van der Waals surface area contributed by atoms with Gasteiger partial charge in [-0.15, -0.1) is 0 Å². The van der Waals surface area contributed by atoms with Crippen molar-refractivity contribution in [3.05, 3.63) is 24.3 Å². The molecular weight excluding hydrogens is 228 g/mol. The van der Waals surface area contributed by atoms with E-state index in [9.17, 15) is 4.79 Å². The van der Waals surface area contributed by atoms with E-state index >= 15 is 0 Å². The number of Topliss-reactive ketones (excluding diaryl/α,β-unsaturated/α-hetero) is 1. The molecule has 2 aliphatic rings. The molecule has 1 saturated heterocycles. The Bertz CT molecular complexity index is 427. The highest BCUT2D eigenvalue weighted by molar-refractivity contribution is 5.97. The molecule has 2 heterocycles. The largest absolute Gasteiger partial charge is 0.375 e. The maximum Gasteiger partial charge on any atom is 0.169 e. The lowest BCUT2D eigenvalue weighted by molar-refractivity contribution is -0.0866. The van der Waals surface area contributed by atoms with Crippen molar-refractivity contribution in [2.24, 2.45) is 5.92 Å². The van der Waals surface area contributed by atoms with Crippen molar-refractivity contribution in [3.8, 4) is 0 Å². The molecule has 0 N–H and O–H groups in total. The smallest absolute Gasteiger partial charge is 0.169 e. The van der Waals surface area contributed by atoms with Crippen LogP contribution in [-0.2, 0) is 4.74 Å². The average molecular weight is 246 g/mol. The van der Waals surface area contributed by atoms with Crippen molar-refractivity contribution in [3.63, 3.8) is 0 Å². The lowest BCUT2D eigenvalue weighted by Gasteiger charge is -2.37. The molecule has 1 aliphatic heterocycles. The van der Waals surface area contributed by atoms with Crippen LogP contribution in [0, 0.1) is 5.92 Å². The number of ether oxygens (including phenoxy) is 1. The van der Waals surface area contributed by atoms with Crippen LogP contribution in [0.15, 0.2) is 18.7 Å². The molecule has 1 aromatic rings. The highest BCUT2D eigenvalue weighted by Gasteiger charge is 2.42. The van der Waals surface area contributed by atoms with E-state index in [0.717, 1.165) is 25.7 Å². The topological polar surface area (TPSA) is 52.1 Å². The van der Waals surface area contributed by atoms with Crippen LogP contribution in [-0.4, -0.2) is 28.0 Å². The summed E-state index contributed by atoms with van der Waals surface area (Å²) < 4.78 is 5.96. The molecule has 1 aliphatic carbocycles. The molecule has 96 valence electrons. The van der Waals surface area contributed by atoms with Gasteiger partial charge in [0, 0.05) is 24.9 Å². The average Bonchev–Trinajstić information content (AvgIpc) is 2.87. The van der Waals surface area contributed by atoms with Crippen molar-refractivity contribution in [2.75, 3.05) is 6.61 Å². The summed E-state index contributed by atoms with van der Waals surface area (Å²) in [6.45, 7) is 0.712. The molecule has 2 fully saturated rings. The Labute approximate surface area is 107 Å². The Balaban J connectivity index is 1.74. The van der Waals surface area contributed by atoms with E-state index in [1.54, 1.807) is 12.4 Å². The Morgan fingerprint density at radius 2 is 2.00 bits per heavy atom. The van der Waals surface area contributed by atoms with Gasteiger partial charge in [0.25, 0.3) is 0 Å². The number of ketones is 1. The number of rotatable bonds is 2. The monoisotopic (exact) mass is 246 g/mol. The van der Waals surface area contributed by atoms with Gasteiger partial charge in [0.05, 0.1) is 11.2 Å². The predicted octanol–water partition coefficient (Wildman–Crippen LogP) is 2.40. The second-order valence-corrected chi connectivity index (χ2v) is 5.42. The summed E-state index contributed by atoms with van der Waals surface area (Å²) >= 11 is 0. The second kappa shape index (κ2) is 4.76. The SMILES string of the molecule is O=C(c1cncnc1)C1CCOC2(CCCC2)C1. The molecule has 18 heavy (non-hydrogen) atoms. The third kappa shape index (κ3) is 2.17. The molecule has 0 radical (unpaired) electrons.